The molecular formula is C21H25N5O3. The zero-order valence-corrected chi connectivity index (χ0v) is 16.5. The van der Waals surface area contributed by atoms with Gasteiger partial charge in [-0.15, -0.1) is 0 Å². The van der Waals surface area contributed by atoms with Gasteiger partial charge in [0.25, 0.3) is 0 Å². The SMILES string of the molecule is COc1ccccc1-n1cc(CN2CCN3C(=O)[C@H]4CCCN4C(=O)[C@H]3C2)cn1. The number of ether oxygens (including phenoxy) is 1. The quantitative estimate of drug-likeness (QED) is 0.769. The number of amides is 2. The number of piperazine rings is 2. The molecule has 8 nitrogen and oxygen atoms in total. The van der Waals surface area contributed by atoms with E-state index in [1.807, 2.05) is 46.2 Å². The lowest BCUT2D eigenvalue weighted by molar-refractivity contribution is -0.163. The molecule has 1 aromatic carbocycles. The Kier molecular flexibility index (Phi) is 4.50. The normalized spacial score (nSPS) is 24.6. The van der Waals surface area contributed by atoms with Gasteiger partial charge in [0.1, 0.15) is 23.5 Å². The zero-order chi connectivity index (χ0) is 20.0. The Bertz CT molecular complexity index is 942. The highest BCUT2D eigenvalue weighted by Crippen LogP contribution is 2.29. The molecule has 0 N–H and O–H groups in total. The smallest absolute Gasteiger partial charge is 0.247 e. The van der Waals surface area contributed by atoms with Crippen molar-refractivity contribution in [2.45, 2.75) is 31.5 Å². The third-order valence-corrected chi connectivity index (χ3v) is 6.23. The Morgan fingerprint density at radius 3 is 2.72 bits per heavy atom. The van der Waals surface area contributed by atoms with Gasteiger partial charge in [0.05, 0.1) is 13.3 Å². The summed E-state index contributed by atoms with van der Waals surface area (Å²) in [4.78, 5) is 31.5. The molecular weight excluding hydrogens is 370 g/mol. The van der Waals surface area contributed by atoms with Gasteiger partial charge in [-0.25, -0.2) is 4.68 Å². The fourth-order valence-electron chi connectivity index (χ4n) is 4.78. The van der Waals surface area contributed by atoms with E-state index in [4.69, 9.17) is 4.74 Å². The minimum absolute atomic E-state index is 0.113. The van der Waals surface area contributed by atoms with Crippen molar-refractivity contribution < 1.29 is 14.3 Å². The molecule has 2 amide bonds. The molecule has 2 atom stereocenters. The van der Waals surface area contributed by atoms with Gasteiger partial charge in [-0.2, -0.15) is 5.10 Å². The van der Waals surface area contributed by atoms with Crippen LogP contribution in [0, 0.1) is 0 Å². The Balaban J connectivity index is 1.30. The van der Waals surface area contributed by atoms with Gasteiger partial charge in [0.15, 0.2) is 0 Å². The van der Waals surface area contributed by atoms with E-state index in [2.05, 4.69) is 10.00 Å². The number of rotatable bonds is 4. The second-order valence-electron chi connectivity index (χ2n) is 7.94. The second-order valence-corrected chi connectivity index (χ2v) is 7.94. The highest BCUT2D eigenvalue weighted by molar-refractivity contribution is 5.97. The molecule has 0 radical (unpaired) electrons. The van der Waals surface area contributed by atoms with Crippen LogP contribution in [0.4, 0.5) is 0 Å². The first kappa shape index (κ1) is 18.2. The molecule has 0 bridgehead atoms. The summed E-state index contributed by atoms with van der Waals surface area (Å²) < 4.78 is 7.24. The lowest BCUT2D eigenvalue weighted by atomic mass is 10.0. The van der Waals surface area contributed by atoms with E-state index in [-0.39, 0.29) is 23.9 Å². The molecule has 0 aliphatic carbocycles. The Hall–Kier alpha value is -2.87. The molecule has 5 rings (SSSR count). The van der Waals surface area contributed by atoms with Crippen molar-refractivity contribution in [3.8, 4) is 11.4 Å². The monoisotopic (exact) mass is 395 g/mol. The van der Waals surface area contributed by atoms with Gasteiger partial charge >= 0.3 is 0 Å². The van der Waals surface area contributed by atoms with Crippen molar-refractivity contribution >= 4 is 11.8 Å². The summed E-state index contributed by atoms with van der Waals surface area (Å²) in [5.41, 5.74) is 1.96. The molecule has 152 valence electrons. The fraction of sp³-hybridized carbons (Fsp3) is 0.476. The number of hydrogen-bond donors (Lipinski definition) is 0. The molecule has 8 heteroatoms. The summed E-state index contributed by atoms with van der Waals surface area (Å²) >= 11 is 0. The third-order valence-electron chi connectivity index (χ3n) is 6.23. The minimum atomic E-state index is -0.352. The largest absolute Gasteiger partial charge is 0.494 e. The standard InChI is InChI=1S/C21H25N5O3/c1-29-19-7-3-2-5-16(19)26-13-15(11-22-26)12-23-9-10-25-18(14-23)21(28)24-8-4-6-17(24)20(25)27/h2-3,5,7,11,13,17-18H,4,6,8-10,12,14H2,1H3/t17-,18-/m1/s1. The molecule has 4 heterocycles. The summed E-state index contributed by atoms with van der Waals surface area (Å²) in [6.45, 7) is 3.37. The third kappa shape index (κ3) is 3.07. The van der Waals surface area contributed by atoms with Crippen LogP contribution in [0.15, 0.2) is 36.7 Å². The second kappa shape index (κ2) is 7.18. The number of hydrogen-bond acceptors (Lipinski definition) is 5. The van der Waals surface area contributed by atoms with Gasteiger partial charge in [0, 0.05) is 44.5 Å². The summed E-state index contributed by atoms with van der Waals surface area (Å²) in [6, 6.07) is 7.19. The predicted octanol–water partition coefficient (Wildman–Crippen LogP) is 0.898. The fourth-order valence-corrected chi connectivity index (χ4v) is 4.78. The first-order valence-electron chi connectivity index (χ1n) is 10.2. The van der Waals surface area contributed by atoms with Crippen LogP contribution in [0.2, 0.25) is 0 Å². The zero-order valence-electron chi connectivity index (χ0n) is 16.5. The van der Waals surface area contributed by atoms with E-state index >= 15 is 0 Å². The van der Waals surface area contributed by atoms with Crippen LogP contribution >= 0.6 is 0 Å². The maximum absolute atomic E-state index is 12.9. The Morgan fingerprint density at radius 1 is 1.07 bits per heavy atom. The van der Waals surface area contributed by atoms with Crippen molar-refractivity contribution in [2.75, 3.05) is 33.3 Å². The van der Waals surface area contributed by atoms with Crippen LogP contribution < -0.4 is 4.74 Å². The van der Waals surface area contributed by atoms with Crippen LogP contribution in [-0.2, 0) is 16.1 Å². The molecule has 0 spiro atoms. The topological polar surface area (TPSA) is 70.9 Å². The van der Waals surface area contributed by atoms with Gasteiger partial charge in [-0.3, -0.25) is 14.5 Å². The molecule has 1 aromatic heterocycles. The highest BCUT2D eigenvalue weighted by atomic mass is 16.5. The van der Waals surface area contributed by atoms with Gasteiger partial charge < -0.3 is 14.5 Å². The highest BCUT2D eigenvalue weighted by Gasteiger charge is 2.49. The Morgan fingerprint density at radius 2 is 1.86 bits per heavy atom. The maximum Gasteiger partial charge on any atom is 0.247 e. The number of fused-ring (bicyclic) bond motifs is 2. The van der Waals surface area contributed by atoms with Crippen LogP contribution in [0.5, 0.6) is 5.75 Å². The number of benzene rings is 1. The number of aromatic nitrogens is 2. The van der Waals surface area contributed by atoms with Crippen LogP contribution in [0.3, 0.4) is 0 Å². The van der Waals surface area contributed by atoms with E-state index in [1.165, 1.54) is 0 Å². The van der Waals surface area contributed by atoms with Crippen molar-refractivity contribution in [2.24, 2.45) is 0 Å². The molecule has 3 fully saturated rings. The Labute approximate surface area is 169 Å². The summed E-state index contributed by atoms with van der Waals surface area (Å²) in [7, 11) is 1.65. The van der Waals surface area contributed by atoms with E-state index < -0.39 is 0 Å². The lowest BCUT2D eigenvalue weighted by Gasteiger charge is -2.47. The van der Waals surface area contributed by atoms with Crippen molar-refractivity contribution in [3.63, 3.8) is 0 Å². The number of carbonyl (C=O) groups excluding carboxylic acids is 2. The summed E-state index contributed by atoms with van der Waals surface area (Å²) in [5.74, 6) is 1.01. The summed E-state index contributed by atoms with van der Waals surface area (Å²) in [5, 5.41) is 4.48. The molecule has 3 aliphatic heterocycles. The average molecular weight is 395 g/mol. The van der Waals surface area contributed by atoms with E-state index in [0.717, 1.165) is 36.4 Å². The van der Waals surface area contributed by atoms with Gasteiger partial charge in [0.2, 0.25) is 11.8 Å². The van der Waals surface area contributed by atoms with Gasteiger partial charge in [-0.1, -0.05) is 12.1 Å². The number of nitrogens with zero attached hydrogens (tertiary/aromatic N) is 5. The molecule has 3 saturated heterocycles. The summed E-state index contributed by atoms with van der Waals surface area (Å²) in [6.07, 6.45) is 5.58. The minimum Gasteiger partial charge on any atom is -0.494 e. The van der Waals surface area contributed by atoms with Crippen LogP contribution in [0.1, 0.15) is 18.4 Å². The number of para-hydroxylation sites is 2. The lowest BCUT2D eigenvalue weighted by Crippen LogP contribution is -2.68. The van der Waals surface area contributed by atoms with E-state index in [9.17, 15) is 9.59 Å². The van der Waals surface area contributed by atoms with Crippen molar-refractivity contribution in [1.29, 1.82) is 0 Å². The molecule has 29 heavy (non-hydrogen) atoms. The van der Waals surface area contributed by atoms with Crippen molar-refractivity contribution in [3.05, 3.63) is 42.2 Å². The van der Waals surface area contributed by atoms with E-state index in [0.29, 0.717) is 26.2 Å². The number of carbonyl (C=O) groups is 2. The molecule has 0 unspecified atom stereocenters. The maximum atomic E-state index is 12.9. The first-order valence-corrected chi connectivity index (χ1v) is 10.2. The van der Waals surface area contributed by atoms with Crippen molar-refractivity contribution in [1.82, 2.24) is 24.5 Å². The molecule has 2 aromatic rings. The van der Waals surface area contributed by atoms with Crippen LogP contribution in [-0.4, -0.2) is 81.7 Å². The predicted molar refractivity (Wildman–Crippen MR) is 106 cm³/mol. The van der Waals surface area contributed by atoms with Gasteiger partial charge in [-0.05, 0) is 25.0 Å². The average Bonchev–Trinajstić information content (AvgIpc) is 3.42. The molecule has 3 aliphatic rings. The first-order chi connectivity index (χ1) is 14.2. The van der Waals surface area contributed by atoms with Crippen LogP contribution in [0.25, 0.3) is 5.69 Å². The number of methoxy groups -OCH3 is 1. The molecule has 0 saturated carbocycles. The van der Waals surface area contributed by atoms with E-state index in [1.54, 1.807) is 12.0 Å².